The molecule has 0 aromatic heterocycles. The van der Waals surface area contributed by atoms with Crippen molar-refractivity contribution in [2.45, 2.75) is 98.7 Å². The SMILES string of the molecule is C#Cc1c(-c2ccccc2)cc(-c2ccccc2)cc1C12CC3CC(C1)CC(C14CC5(c6cc(-c7ccccc7)cc(-c7ccccc7)c6C#C)CC(c6cc(-c7ccccc7)cc(-c7ccccc7)c6C#C)(CC(c6cc(-c7ccccc7)cc(-c7ccccc7)c6C#C)(C5)C1)C4)(C3)C2. The zero-order valence-electron chi connectivity index (χ0n) is 56.7. The minimum Gasteiger partial charge on any atom is -0.115 e. The van der Waals surface area contributed by atoms with Crippen molar-refractivity contribution in [1.29, 1.82) is 0 Å². The van der Waals surface area contributed by atoms with E-state index < -0.39 is 16.2 Å². The Bertz CT molecular complexity index is 4940. The highest BCUT2D eigenvalue weighted by atomic mass is 14.8. The summed E-state index contributed by atoms with van der Waals surface area (Å²) >= 11 is 0. The summed E-state index contributed by atoms with van der Waals surface area (Å²) < 4.78 is 0. The van der Waals surface area contributed by atoms with Crippen molar-refractivity contribution in [1.82, 2.24) is 0 Å². The van der Waals surface area contributed by atoms with Crippen LogP contribution in [0.2, 0.25) is 0 Å². The Kier molecular flexibility index (Phi) is 14.6. The summed E-state index contributed by atoms with van der Waals surface area (Å²) in [6.07, 6.45) is 41.6. The maximum Gasteiger partial charge on any atom is 0.0359 e. The van der Waals surface area contributed by atoms with E-state index in [1.807, 2.05) is 0 Å². The fourth-order valence-electron chi connectivity index (χ4n) is 22.7. The van der Waals surface area contributed by atoms with Gasteiger partial charge in [0.1, 0.15) is 0 Å². The largest absolute Gasteiger partial charge is 0.115 e. The van der Waals surface area contributed by atoms with Crippen molar-refractivity contribution in [2.75, 3.05) is 0 Å². The molecule has 0 nitrogen and oxygen atoms in total. The lowest BCUT2D eigenvalue weighted by atomic mass is 9.25. The second-order valence-electron chi connectivity index (χ2n) is 31.0. The molecule has 0 heteroatoms. The Morgan fingerprint density at radius 3 is 0.680 bits per heavy atom. The van der Waals surface area contributed by atoms with E-state index in [-0.39, 0.29) is 16.2 Å². The Morgan fingerprint density at radius 2 is 0.440 bits per heavy atom. The Labute approximate surface area is 591 Å². The van der Waals surface area contributed by atoms with E-state index in [1.165, 1.54) is 73.2 Å². The van der Waals surface area contributed by atoms with Crippen LogP contribution in [0.3, 0.4) is 0 Å². The van der Waals surface area contributed by atoms with Crippen LogP contribution >= 0.6 is 0 Å². The van der Waals surface area contributed by atoms with Gasteiger partial charge < -0.3 is 0 Å². The highest BCUT2D eigenvalue weighted by Crippen LogP contribution is 2.84. The molecule has 100 heavy (non-hydrogen) atoms. The van der Waals surface area contributed by atoms with Gasteiger partial charge in [-0.15, -0.1) is 25.7 Å². The van der Waals surface area contributed by atoms with Crippen LogP contribution < -0.4 is 0 Å². The summed E-state index contributed by atoms with van der Waals surface area (Å²) in [4.78, 5) is 0. The maximum absolute atomic E-state index is 7.39. The summed E-state index contributed by atoms with van der Waals surface area (Å²) in [7, 11) is 0. The Balaban J connectivity index is 0.982. The van der Waals surface area contributed by atoms with E-state index in [2.05, 4.69) is 315 Å². The zero-order chi connectivity index (χ0) is 67.3. The third kappa shape index (κ3) is 9.79. The molecule has 2 atom stereocenters. The molecule has 2 unspecified atom stereocenters. The normalized spacial score (nSPS) is 24.9. The van der Waals surface area contributed by atoms with Gasteiger partial charge in [0.2, 0.25) is 0 Å². The monoisotopic (exact) mass is 1280 g/mol. The van der Waals surface area contributed by atoms with Crippen LogP contribution in [0, 0.1) is 72.0 Å². The van der Waals surface area contributed by atoms with Gasteiger partial charge in [0.15, 0.2) is 0 Å². The van der Waals surface area contributed by atoms with Crippen molar-refractivity contribution in [2.24, 2.45) is 22.7 Å². The lowest BCUT2D eigenvalue weighted by Gasteiger charge is -2.78. The van der Waals surface area contributed by atoms with Gasteiger partial charge in [-0.25, -0.2) is 0 Å². The first-order chi connectivity index (χ1) is 49.1. The predicted molar refractivity (Wildman–Crippen MR) is 415 cm³/mol. The van der Waals surface area contributed by atoms with Crippen LogP contribution in [0.1, 0.15) is 122 Å². The smallest absolute Gasteiger partial charge is 0.0359 e. The fourth-order valence-corrected chi connectivity index (χ4v) is 22.7. The third-order valence-corrected chi connectivity index (χ3v) is 25.4. The maximum atomic E-state index is 7.39. The van der Waals surface area contributed by atoms with Crippen LogP contribution in [0.5, 0.6) is 0 Å². The molecule has 20 rings (SSSR count). The molecule has 12 aromatic rings. The van der Waals surface area contributed by atoms with Gasteiger partial charge in [0, 0.05) is 22.3 Å². The Hall–Kier alpha value is -11.1. The standard InChI is InChI=1S/C100H78/c1-5-83-87(75-41-25-13-26-42-75)50-79(71-33-17-9-18-34-71)54-91(83)95-58-69-49-70(59-95)61-99(60-69,65-95)100-66-96(92-55-80(72-35-19-10-20-36-72)51-88(84(92)6-2)76-43-27-14-28-44-76)62-97(67-100,93-56-81(73-37-21-11-22-38-73)52-89(85(93)7-3)77-45-29-15-30-46-77)64-98(63-96,68-100)94-57-82(74-39-23-12-24-40-74)53-90(86(94)8-4)78-47-31-16-32-48-78/h1-4,9-48,50-57,69-70H,49,58-68H2. The quantitative estimate of drug-likeness (QED) is 0.101. The molecule has 0 radical (unpaired) electrons. The van der Waals surface area contributed by atoms with Crippen molar-refractivity contribution < 1.29 is 0 Å². The van der Waals surface area contributed by atoms with E-state index in [0.717, 1.165) is 137 Å². The van der Waals surface area contributed by atoms with Gasteiger partial charge >= 0.3 is 0 Å². The topological polar surface area (TPSA) is 0 Å². The summed E-state index contributed by atoms with van der Waals surface area (Å²) in [5.74, 6) is 15.2. The minimum absolute atomic E-state index is 0.150. The van der Waals surface area contributed by atoms with Crippen molar-refractivity contribution in [3.63, 3.8) is 0 Å². The average molecular weight is 1280 g/mol. The Morgan fingerprint density at radius 1 is 0.220 bits per heavy atom. The van der Waals surface area contributed by atoms with Gasteiger partial charge in [0.05, 0.1) is 0 Å². The molecule has 0 aliphatic heterocycles. The van der Waals surface area contributed by atoms with E-state index >= 15 is 0 Å². The molecule has 8 aliphatic rings. The van der Waals surface area contributed by atoms with E-state index in [9.17, 15) is 0 Å². The van der Waals surface area contributed by atoms with Gasteiger partial charge in [-0.1, -0.05) is 266 Å². The molecule has 8 bridgehead atoms. The van der Waals surface area contributed by atoms with Crippen molar-refractivity contribution in [3.05, 3.63) is 336 Å². The van der Waals surface area contributed by atoms with Crippen LogP contribution in [-0.4, -0.2) is 0 Å². The molecule has 8 saturated carbocycles. The molecule has 0 spiro atoms. The first-order valence-electron chi connectivity index (χ1n) is 36.1. The van der Waals surface area contributed by atoms with Gasteiger partial charge in [-0.3, -0.25) is 0 Å². The lowest BCUT2D eigenvalue weighted by molar-refractivity contribution is -0.225. The summed E-state index contributed by atoms with van der Waals surface area (Å²) in [6.45, 7) is 0. The second-order valence-corrected chi connectivity index (χ2v) is 31.0. The number of hydrogen-bond acceptors (Lipinski definition) is 0. The highest BCUT2D eigenvalue weighted by molar-refractivity contribution is 5.86. The molecule has 12 aromatic carbocycles. The highest BCUT2D eigenvalue weighted by Gasteiger charge is 2.76. The van der Waals surface area contributed by atoms with E-state index in [0.29, 0.717) is 11.8 Å². The second kappa shape index (κ2) is 23.8. The van der Waals surface area contributed by atoms with Crippen molar-refractivity contribution in [3.8, 4) is 138 Å². The number of terminal acetylenes is 4. The van der Waals surface area contributed by atoms with Gasteiger partial charge in [-0.05, 0) is 281 Å². The predicted octanol–water partition coefficient (Wildman–Crippen LogP) is 24.0. The van der Waals surface area contributed by atoms with E-state index in [4.69, 9.17) is 25.7 Å². The van der Waals surface area contributed by atoms with Crippen molar-refractivity contribution >= 4 is 0 Å². The molecule has 8 fully saturated rings. The molecule has 8 aliphatic carbocycles. The average Bonchev–Trinajstić information content (AvgIpc) is 0.646. The van der Waals surface area contributed by atoms with Crippen LogP contribution in [0.15, 0.2) is 291 Å². The summed E-state index contributed by atoms with van der Waals surface area (Å²) in [5, 5.41) is 0. The summed E-state index contributed by atoms with van der Waals surface area (Å²) in [5.41, 5.74) is 25.4. The number of benzene rings is 12. The molecule has 0 amide bonds. The van der Waals surface area contributed by atoms with Gasteiger partial charge in [-0.2, -0.15) is 0 Å². The van der Waals surface area contributed by atoms with Gasteiger partial charge in [0.25, 0.3) is 0 Å². The first kappa shape index (κ1) is 61.2. The molecular weight excluding hydrogens is 1200 g/mol. The molecular formula is C100H78. The lowest BCUT2D eigenvalue weighted by Crippen LogP contribution is -2.72. The van der Waals surface area contributed by atoms with Crippen LogP contribution in [0.4, 0.5) is 0 Å². The fraction of sp³-hybridized carbons (Fsp3) is 0.200. The minimum atomic E-state index is -0.526. The molecule has 0 heterocycles. The number of rotatable bonds is 13. The third-order valence-electron chi connectivity index (χ3n) is 25.4. The summed E-state index contributed by atoms with van der Waals surface area (Å²) in [6, 6.07) is 108. The first-order valence-corrected chi connectivity index (χ1v) is 36.1. The van der Waals surface area contributed by atoms with E-state index in [1.54, 1.807) is 0 Å². The number of hydrogen-bond donors (Lipinski definition) is 0. The molecule has 478 valence electrons. The zero-order valence-corrected chi connectivity index (χ0v) is 56.7. The molecule has 0 N–H and O–H groups in total. The molecule has 0 saturated heterocycles. The van der Waals surface area contributed by atoms with Crippen LogP contribution in [0.25, 0.3) is 89.0 Å². The van der Waals surface area contributed by atoms with Crippen LogP contribution in [-0.2, 0) is 21.7 Å².